The van der Waals surface area contributed by atoms with E-state index in [4.69, 9.17) is 10.2 Å². The van der Waals surface area contributed by atoms with Gasteiger partial charge in [-0.25, -0.2) is 18.4 Å². The van der Waals surface area contributed by atoms with Gasteiger partial charge in [0.2, 0.25) is 0 Å². The van der Waals surface area contributed by atoms with Gasteiger partial charge in [0.15, 0.2) is 21.4 Å². The van der Waals surface area contributed by atoms with Crippen LogP contribution in [0.25, 0.3) is 0 Å². The molecule has 0 aromatic carbocycles. The number of thiophene rings is 1. The maximum absolute atomic E-state index is 12.6. The van der Waals surface area contributed by atoms with Crippen LogP contribution in [0.4, 0.5) is 8.78 Å². The zero-order chi connectivity index (χ0) is 10.2. The average molecular weight is 208 g/mol. The van der Waals surface area contributed by atoms with Crippen LogP contribution in [-0.4, -0.2) is 22.2 Å². The SMILES string of the molecule is O=C(O)c1sc(C(=O)O)c(F)c1F. The maximum atomic E-state index is 12.6. The Morgan fingerprint density at radius 1 is 1.00 bits per heavy atom. The molecule has 0 fully saturated rings. The molecule has 0 aliphatic carbocycles. The molecule has 0 unspecified atom stereocenters. The van der Waals surface area contributed by atoms with Crippen molar-refractivity contribution >= 4 is 23.3 Å². The molecule has 0 amide bonds. The number of aromatic carboxylic acids is 2. The maximum Gasteiger partial charge on any atom is 0.349 e. The molecule has 0 bridgehead atoms. The summed E-state index contributed by atoms with van der Waals surface area (Å²) in [4.78, 5) is 18.6. The number of rotatable bonds is 2. The Hall–Kier alpha value is -1.50. The van der Waals surface area contributed by atoms with Crippen molar-refractivity contribution in [3.63, 3.8) is 0 Å². The van der Waals surface area contributed by atoms with Crippen LogP contribution in [0, 0.1) is 11.6 Å². The van der Waals surface area contributed by atoms with Crippen molar-refractivity contribution in [2.24, 2.45) is 0 Å². The Kier molecular flexibility index (Phi) is 2.28. The van der Waals surface area contributed by atoms with Crippen LogP contribution in [0.3, 0.4) is 0 Å². The normalized spacial score (nSPS) is 10.0. The van der Waals surface area contributed by atoms with Crippen molar-refractivity contribution in [3.8, 4) is 0 Å². The first kappa shape index (κ1) is 9.59. The fourth-order valence-corrected chi connectivity index (χ4v) is 1.40. The van der Waals surface area contributed by atoms with Gasteiger partial charge in [-0.1, -0.05) is 0 Å². The molecule has 1 heterocycles. The second kappa shape index (κ2) is 3.09. The Morgan fingerprint density at radius 3 is 1.46 bits per heavy atom. The van der Waals surface area contributed by atoms with E-state index in [0.717, 1.165) is 0 Å². The highest BCUT2D eigenvalue weighted by molar-refractivity contribution is 7.15. The van der Waals surface area contributed by atoms with Crippen LogP contribution in [0.15, 0.2) is 0 Å². The molecule has 2 N–H and O–H groups in total. The lowest BCUT2D eigenvalue weighted by Crippen LogP contribution is -1.96. The van der Waals surface area contributed by atoms with Gasteiger partial charge in [-0.15, -0.1) is 11.3 Å². The minimum absolute atomic E-state index is 0.0532. The third-order valence-corrected chi connectivity index (χ3v) is 2.30. The summed E-state index contributed by atoms with van der Waals surface area (Å²) in [5.74, 6) is -6.63. The zero-order valence-electron chi connectivity index (χ0n) is 5.88. The minimum atomic E-state index is -1.69. The number of carboxylic acids is 2. The monoisotopic (exact) mass is 208 g/mol. The first-order chi connectivity index (χ1) is 5.95. The predicted molar refractivity (Wildman–Crippen MR) is 38.2 cm³/mol. The molecule has 0 radical (unpaired) electrons. The summed E-state index contributed by atoms with van der Waals surface area (Å²) < 4.78 is 25.2. The van der Waals surface area contributed by atoms with E-state index in [-0.39, 0.29) is 11.3 Å². The Bertz CT molecular complexity index is 350. The first-order valence-corrected chi connectivity index (χ1v) is 3.71. The van der Waals surface area contributed by atoms with Gasteiger partial charge in [-0.3, -0.25) is 0 Å². The van der Waals surface area contributed by atoms with Crippen LogP contribution >= 0.6 is 11.3 Å². The number of hydrogen-bond acceptors (Lipinski definition) is 3. The largest absolute Gasteiger partial charge is 0.477 e. The highest BCUT2D eigenvalue weighted by Crippen LogP contribution is 2.25. The number of carbonyl (C=O) groups is 2. The molecule has 0 spiro atoms. The number of hydrogen-bond donors (Lipinski definition) is 2. The molecular weight excluding hydrogens is 206 g/mol. The molecule has 13 heavy (non-hydrogen) atoms. The summed E-state index contributed by atoms with van der Waals surface area (Å²) in [5, 5.41) is 16.6. The summed E-state index contributed by atoms with van der Waals surface area (Å²) in [7, 11) is 0. The summed E-state index contributed by atoms with van der Waals surface area (Å²) in [5.41, 5.74) is 0. The van der Waals surface area contributed by atoms with Gasteiger partial charge in [0.05, 0.1) is 0 Å². The number of halogens is 2. The van der Waals surface area contributed by atoms with Gasteiger partial charge in [0.25, 0.3) is 0 Å². The third-order valence-electron chi connectivity index (χ3n) is 1.18. The fraction of sp³-hybridized carbons (Fsp3) is 0. The molecule has 0 saturated heterocycles. The van der Waals surface area contributed by atoms with E-state index >= 15 is 0 Å². The van der Waals surface area contributed by atoms with E-state index in [9.17, 15) is 18.4 Å². The summed E-state index contributed by atoms with van der Waals surface area (Å²) >= 11 is 0.0532. The lowest BCUT2D eigenvalue weighted by atomic mass is 10.4. The molecular formula is C6H2F2O4S. The molecule has 1 aromatic heterocycles. The minimum Gasteiger partial charge on any atom is -0.477 e. The molecule has 4 nitrogen and oxygen atoms in total. The quantitative estimate of drug-likeness (QED) is 0.770. The summed E-state index contributed by atoms with van der Waals surface area (Å²) in [6, 6.07) is 0. The van der Waals surface area contributed by atoms with Crippen molar-refractivity contribution in [1.82, 2.24) is 0 Å². The summed E-state index contributed by atoms with van der Waals surface area (Å²) in [6.45, 7) is 0. The molecule has 0 aliphatic heterocycles. The molecule has 7 heteroatoms. The van der Waals surface area contributed by atoms with Crippen LogP contribution in [0.1, 0.15) is 19.3 Å². The second-order valence-corrected chi connectivity index (χ2v) is 3.02. The highest BCUT2D eigenvalue weighted by atomic mass is 32.1. The smallest absolute Gasteiger partial charge is 0.349 e. The lowest BCUT2D eigenvalue weighted by molar-refractivity contribution is 0.0684. The molecule has 1 aromatic rings. The summed E-state index contributed by atoms with van der Waals surface area (Å²) in [6.07, 6.45) is 0. The molecule has 70 valence electrons. The predicted octanol–water partition coefficient (Wildman–Crippen LogP) is 1.42. The standard InChI is InChI=1S/C6H2F2O4S/c7-1-2(8)4(6(11)12)13-3(1)5(9)10/h(H,9,10)(H,11,12). The topological polar surface area (TPSA) is 74.6 Å². The van der Waals surface area contributed by atoms with Crippen LogP contribution in [-0.2, 0) is 0 Å². The Labute approximate surface area is 74.0 Å². The van der Waals surface area contributed by atoms with Gasteiger partial charge >= 0.3 is 11.9 Å². The number of carboxylic acid groups (broad SMARTS) is 2. The highest BCUT2D eigenvalue weighted by Gasteiger charge is 2.26. The van der Waals surface area contributed by atoms with Crippen molar-refractivity contribution in [2.75, 3.05) is 0 Å². The van der Waals surface area contributed by atoms with E-state index < -0.39 is 33.3 Å². The van der Waals surface area contributed by atoms with E-state index in [2.05, 4.69) is 0 Å². The van der Waals surface area contributed by atoms with Crippen LogP contribution in [0.2, 0.25) is 0 Å². The molecule has 0 saturated carbocycles. The molecule has 0 aliphatic rings. The second-order valence-electron chi connectivity index (χ2n) is 2.00. The fourth-order valence-electron chi connectivity index (χ4n) is 0.666. The van der Waals surface area contributed by atoms with Crippen LogP contribution < -0.4 is 0 Å². The average Bonchev–Trinajstić information content (AvgIpc) is 2.29. The Balaban J connectivity index is 3.36. The lowest BCUT2D eigenvalue weighted by Gasteiger charge is -1.84. The zero-order valence-corrected chi connectivity index (χ0v) is 6.69. The Morgan fingerprint density at radius 2 is 1.31 bits per heavy atom. The third kappa shape index (κ3) is 1.50. The van der Waals surface area contributed by atoms with Gasteiger partial charge in [-0.05, 0) is 0 Å². The molecule has 1 rings (SSSR count). The van der Waals surface area contributed by atoms with E-state index in [1.54, 1.807) is 0 Å². The van der Waals surface area contributed by atoms with Crippen molar-refractivity contribution < 1.29 is 28.6 Å². The van der Waals surface area contributed by atoms with E-state index in [1.165, 1.54) is 0 Å². The van der Waals surface area contributed by atoms with Crippen LogP contribution in [0.5, 0.6) is 0 Å². The molecule has 0 atom stereocenters. The van der Waals surface area contributed by atoms with Gasteiger partial charge in [0, 0.05) is 0 Å². The van der Waals surface area contributed by atoms with Gasteiger partial charge in [-0.2, -0.15) is 0 Å². The first-order valence-electron chi connectivity index (χ1n) is 2.89. The van der Waals surface area contributed by atoms with E-state index in [0.29, 0.717) is 0 Å². The van der Waals surface area contributed by atoms with Crippen molar-refractivity contribution in [1.29, 1.82) is 0 Å². The van der Waals surface area contributed by atoms with Gasteiger partial charge in [0.1, 0.15) is 0 Å². The van der Waals surface area contributed by atoms with Crippen molar-refractivity contribution in [2.45, 2.75) is 0 Å². The van der Waals surface area contributed by atoms with Crippen molar-refractivity contribution in [3.05, 3.63) is 21.4 Å². The van der Waals surface area contributed by atoms with E-state index in [1.807, 2.05) is 0 Å². The van der Waals surface area contributed by atoms with Gasteiger partial charge < -0.3 is 10.2 Å².